The molecule has 2 aromatic rings. The van der Waals surface area contributed by atoms with Gasteiger partial charge in [0.15, 0.2) is 10.9 Å². The summed E-state index contributed by atoms with van der Waals surface area (Å²) in [5, 5.41) is 3.90. The fourth-order valence-corrected chi connectivity index (χ4v) is 4.73. The lowest BCUT2D eigenvalue weighted by Crippen LogP contribution is -2.51. The van der Waals surface area contributed by atoms with E-state index < -0.39 is 5.60 Å². The van der Waals surface area contributed by atoms with Gasteiger partial charge in [0, 0.05) is 13.1 Å². The van der Waals surface area contributed by atoms with Gasteiger partial charge in [0.05, 0.1) is 38.4 Å². The Balaban J connectivity index is 1.19. The van der Waals surface area contributed by atoms with Crippen LogP contribution in [-0.4, -0.2) is 59.4 Å². The molecular weight excluding hydrogens is 382 g/mol. The molecule has 4 aliphatic rings. The molecule has 0 atom stereocenters. The predicted molar refractivity (Wildman–Crippen MR) is 102 cm³/mol. The molecular formula is C18H21N5O4S. The maximum Gasteiger partial charge on any atom is 0.258 e. The summed E-state index contributed by atoms with van der Waals surface area (Å²) in [5.41, 5.74) is -0.521. The van der Waals surface area contributed by atoms with Crippen molar-refractivity contribution in [2.24, 2.45) is 5.41 Å². The zero-order valence-corrected chi connectivity index (χ0v) is 16.3. The van der Waals surface area contributed by atoms with Crippen LogP contribution in [0.25, 0.3) is 0 Å². The number of fused-ring (bicyclic) bond motifs is 1. The molecule has 1 amide bonds. The minimum Gasteiger partial charge on any atom is -0.442 e. The maximum absolute atomic E-state index is 12.5. The standard InChI is InChI=1S/C18H21N5O4S/c1-17-9-18(10-17,26-11-17)14(24)22-16-21-8-13(28-16)27-12-6-19-15(20-7-12)23-2-4-25-5-3-23/h6-8H,2-5,9-11H2,1H3,(H,21,22,24). The van der Waals surface area contributed by atoms with Gasteiger partial charge in [-0.25, -0.2) is 15.0 Å². The fourth-order valence-electron chi connectivity index (χ4n) is 4.05. The summed E-state index contributed by atoms with van der Waals surface area (Å²) >= 11 is 1.26. The van der Waals surface area contributed by atoms with Crippen LogP contribution in [-0.2, 0) is 14.3 Å². The number of aromatic nitrogens is 3. The van der Waals surface area contributed by atoms with Crippen molar-refractivity contribution in [2.75, 3.05) is 43.1 Å². The van der Waals surface area contributed by atoms with Crippen LogP contribution in [0.1, 0.15) is 19.8 Å². The van der Waals surface area contributed by atoms with Crippen molar-refractivity contribution < 1.29 is 19.0 Å². The summed E-state index contributed by atoms with van der Waals surface area (Å²) in [6.07, 6.45) is 6.39. The third kappa shape index (κ3) is 3.21. The summed E-state index contributed by atoms with van der Waals surface area (Å²) in [6.45, 7) is 5.72. The fraction of sp³-hybridized carbons (Fsp3) is 0.556. The third-order valence-electron chi connectivity index (χ3n) is 5.37. The van der Waals surface area contributed by atoms with E-state index in [-0.39, 0.29) is 11.3 Å². The molecule has 28 heavy (non-hydrogen) atoms. The van der Waals surface area contributed by atoms with Crippen molar-refractivity contribution in [1.82, 2.24) is 15.0 Å². The van der Waals surface area contributed by atoms with Gasteiger partial charge < -0.3 is 19.1 Å². The van der Waals surface area contributed by atoms with E-state index in [9.17, 15) is 4.79 Å². The molecule has 3 saturated heterocycles. The Kier molecular flexibility index (Phi) is 4.22. The van der Waals surface area contributed by atoms with Crippen molar-refractivity contribution in [3.63, 3.8) is 0 Å². The van der Waals surface area contributed by atoms with E-state index in [0.717, 1.165) is 25.9 Å². The first-order valence-electron chi connectivity index (χ1n) is 9.28. The third-order valence-corrected chi connectivity index (χ3v) is 6.16. The lowest BCUT2D eigenvalue weighted by atomic mass is 9.63. The van der Waals surface area contributed by atoms with Crippen molar-refractivity contribution in [2.45, 2.75) is 25.4 Å². The molecule has 0 spiro atoms. The molecule has 10 heteroatoms. The van der Waals surface area contributed by atoms with Gasteiger partial charge in [-0.3, -0.25) is 10.1 Å². The Morgan fingerprint density at radius 1 is 1.21 bits per heavy atom. The molecule has 6 rings (SSSR count). The lowest BCUT2D eigenvalue weighted by Gasteiger charge is -2.40. The normalized spacial score (nSPS) is 28.7. The molecule has 1 aliphatic carbocycles. The zero-order chi connectivity index (χ0) is 19.2. The molecule has 9 nitrogen and oxygen atoms in total. The van der Waals surface area contributed by atoms with Crippen LogP contribution in [0.4, 0.5) is 11.1 Å². The predicted octanol–water partition coefficient (Wildman–Crippen LogP) is 2.07. The Morgan fingerprint density at radius 2 is 1.96 bits per heavy atom. The van der Waals surface area contributed by atoms with Crippen molar-refractivity contribution in [3.8, 4) is 10.8 Å². The highest BCUT2D eigenvalue weighted by atomic mass is 32.1. The number of carbonyl (C=O) groups is 1. The second-order valence-electron chi connectivity index (χ2n) is 7.81. The van der Waals surface area contributed by atoms with Crippen LogP contribution < -0.4 is 15.0 Å². The molecule has 148 valence electrons. The lowest BCUT2D eigenvalue weighted by molar-refractivity contribution is -0.139. The Hall–Kier alpha value is -2.30. The van der Waals surface area contributed by atoms with Gasteiger partial charge in [-0.15, -0.1) is 0 Å². The second kappa shape index (κ2) is 6.64. The molecule has 0 radical (unpaired) electrons. The number of ether oxygens (including phenoxy) is 3. The number of carbonyl (C=O) groups excluding carboxylic acids is 1. The van der Waals surface area contributed by atoms with E-state index in [2.05, 4.69) is 32.1 Å². The van der Waals surface area contributed by atoms with Gasteiger partial charge in [-0.05, 0) is 18.3 Å². The van der Waals surface area contributed by atoms with Crippen molar-refractivity contribution in [1.29, 1.82) is 0 Å². The smallest absolute Gasteiger partial charge is 0.258 e. The van der Waals surface area contributed by atoms with Gasteiger partial charge in [0.25, 0.3) is 5.91 Å². The molecule has 0 aromatic carbocycles. The van der Waals surface area contributed by atoms with Crippen LogP contribution >= 0.6 is 11.3 Å². The minimum atomic E-state index is -0.676. The Bertz CT molecular complexity index is 874. The number of nitrogens with one attached hydrogen (secondary N) is 1. The summed E-state index contributed by atoms with van der Waals surface area (Å²) in [4.78, 5) is 27.5. The summed E-state index contributed by atoms with van der Waals surface area (Å²) in [7, 11) is 0. The van der Waals surface area contributed by atoms with Crippen LogP contribution in [0.15, 0.2) is 18.6 Å². The van der Waals surface area contributed by atoms with Crippen LogP contribution in [0.5, 0.6) is 10.8 Å². The number of nitrogens with zero attached hydrogens (tertiary/aromatic N) is 4. The van der Waals surface area contributed by atoms with Gasteiger partial charge in [0.1, 0.15) is 5.60 Å². The van der Waals surface area contributed by atoms with E-state index >= 15 is 0 Å². The monoisotopic (exact) mass is 403 g/mol. The number of amides is 1. The number of hydrogen-bond acceptors (Lipinski definition) is 9. The summed E-state index contributed by atoms with van der Waals surface area (Å²) in [6, 6.07) is 0. The minimum absolute atomic E-state index is 0.124. The molecule has 3 aliphatic heterocycles. The first-order valence-corrected chi connectivity index (χ1v) is 10.1. The van der Waals surface area contributed by atoms with E-state index in [4.69, 9.17) is 14.2 Å². The molecule has 5 heterocycles. The van der Waals surface area contributed by atoms with E-state index in [1.165, 1.54) is 11.3 Å². The Morgan fingerprint density at radius 3 is 2.64 bits per heavy atom. The summed E-state index contributed by atoms with van der Waals surface area (Å²) in [5.74, 6) is 1.06. The number of rotatable bonds is 5. The van der Waals surface area contributed by atoms with Gasteiger partial charge in [-0.1, -0.05) is 18.3 Å². The number of hydrogen-bond donors (Lipinski definition) is 1. The number of morpholine rings is 1. The van der Waals surface area contributed by atoms with Gasteiger partial charge in [-0.2, -0.15) is 0 Å². The molecule has 0 unspecified atom stereocenters. The van der Waals surface area contributed by atoms with E-state index in [1.807, 2.05) is 0 Å². The highest BCUT2D eigenvalue weighted by Crippen LogP contribution is 2.57. The van der Waals surface area contributed by atoms with E-state index in [0.29, 0.717) is 41.7 Å². The quantitative estimate of drug-likeness (QED) is 0.810. The summed E-state index contributed by atoms with van der Waals surface area (Å²) < 4.78 is 16.8. The second-order valence-corrected chi connectivity index (χ2v) is 8.80. The molecule has 2 aromatic heterocycles. The maximum atomic E-state index is 12.5. The zero-order valence-electron chi connectivity index (χ0n) is 15.5. The largest absolute Gasteiger partial charge is 0.442 e. The van der Waals surface area contributed by atoms with Crippen LogP contribution in [0, 0.1) is 5.41 Å². The highest BCUT2D eigenvalue weighted by molar-refractivity contribution is 7.17. The first kappa shape index (κ1) is 17.8. The number of anilines is 2. The molecule has 1 N–H and O–H groups in total. The van der Waals surface area contributed by atoms with Crippen molar-refractivity contribution in [3.05, 3.63) is 18.6 Å². The number of thiazole rings is 1. The average molecular weight is 403 g/mol. The topological polar surface area (TPSA) is 98.7 Å². The molecule has 1 saturated carbocycles. The van der Waals surface area contributed by atoms with Crippen molar-refractivity contribution >= 4 is 28.3 Å². The van der Waals surface area contributed by atoms with Crippen LogP contribution in [0.3, 0.4) is 0 Å². The highest BCUT2D eigenvalue weighted by Gasteiger charge is 2.64. The first-order chi connectivity index (χ1) is 13.5. The molecule has 2 bridgehead atoms. The van der Waals surface area contributed by atoms with Gasteiger partial charge in [0.2, 0.25) is 11.0 Å². The van der Waals surface area contributed by atoms with E-state index in [1.54, 1.807) is 18.6 Å². The average Bonchev–Trinajstić information content (AvgIpc) is 3.36. The Labute approximate surface area is 166 Å². The SMILES string of the molecule is CC12COC(C(=O)Nc3ncc(Oc4cnc(N5CCOCC5)nc4)s3)(C1)C2. The van der Waals surface area contributed by atoms with Gasteiger partial charge >= 0.3 is 0 Å². The molecule has 4 fully saturated rings. The van der Waals surface area contributed by atoms with Crippen LogP contribution in [0.2, 0.25) is 0 Å².